The Bertz CT molecular complexity index is 877. The quantitative estimate of drug-likeness (QED) is 0.784. The van der Waals surface area contributed by atoms with Gasteiger partial charge in [0, 0.05) is 17.7 Å². The summed E-state index contributed by atoms with van der Waals surface area (Å²) in [5, 5.41) is 7.96. The predicted molar refractivity (Wildman–Crippen MR) is 93.0 cm³/mol. The largest absolute Gasteiger partial charge is 0.361 e. The second-order valence-corrected chi connectivity index (χ2v) is 7.39. The van der Waals surface area contributed by atoms with Crippen LogP contribution in [0.3, 0.4) is 0 Å². The molecule has 0 bridgehead atoms. The molecule has 0 saturated carbocycles. The molecule has 6 nitrogen and oxygen atoms in total. The number of fused-ring (bicyclic) bond motifs is 2. The van der Waals surface area contributed by atoms with Gasteiger partial charge in [-0.3, -0.25) is 4.98 Å². The molecule has 0 spiro atoms. The van der Waals surface area contributed by atoms with Gasteiger partial charge in [-0.2, -0.15) is 14.6 Å². The lowest BCUT2D eigenvalue weighted by Crippen LogP contribution is -2.22. The molecular formula is C18H22N6. The highest BCUT2D eigenvalue weighted by Crippen LogP contribution is 2.32. The van der Waals surface area contributed by atoms with Crippen molar-refractivity contribution in [3.05, 3.63) is 47.7 Å². The van der Waals surface area contributed by atoms with Crippen molar-refractivity contribution in [1.29, 1.82) is 0 Å². The van der Waals surface area contributed by atoms with Gasteiger partial charge in [-0.1, -0.05) is 26.8 Å². The molecule has 1 atom stereocenters. The van der Waals surface area contributed by atoms with Crippen LogP contribution in [0.25, 0.3) is 5.78 Å². The fourth-order valence-corrected chi connectivity index (χ4v) is 3.23. The van der Waals surface area contributed by atoms with E-state index in [4.69, 9.17) is 0 Å². The summed E-state index contributed by atoms with van der Waals surface area (Å²) in [6.45, 7) is 6.47. The third-order valence-electron chi connectivity index (χ3n) is 4.54. The molecule has 3 aromatic heterocycles. The summed E-state index contributed by atoms with van der Waals surface area (Å²) < 4.78 is 1.77. The molecule has 3 heterocycles. The molecule has 0 aromatic carbocycles. The Morgan fingerprint density at radius 3 is 2.96 bits per heavy atom. The number of nitrogens with one attached hydrogen (secondary N) is 1. The van der Waals surface area contributed by atoms with E-state index in [1.165, 1.54) is 5.56 Å². The number of hydrogen-bond acceptors (Lipinski definition) is 5. The summed E-state index contributed by atoms with van der Waals surface area (Å²) in [7, 11) is 0. The second-order valence-electron chi connectivity index (χ2n) is 7.39. The Morgan fingerprint density at radius 2 is 2.12 bits per heavy atom. The first-order valence-corrected chi connectivity index (χ1v) is 8.44. The van der Waals surface area contributed by atoms with Crippen LogP contribution in [-0.4, -0.2) is 24.6 Å². The average molecular weight is 322 g/mol. The molecule has 0 aliphatic heterocycles. The molecule has 1 N–H and O–H groups in total. The van der Waals surface area contributed by atoms with Crippen LogP contribution in [0.2, 0.25) is 0 Å². The van der Waals surface area contributed by atoms with Gasteiger partial charge in [0.05, 0.1) is 17.4 Å². The number of aromatic nitrogens is 5. The fraction of sp³-hybridized carbons (Fsp3) is 0.444. The number of hydrogen-bond donors (Lipinski definition) is 1. The lowest BCUT2D eigenvalue weighted by Gasteiger charge is -2.27. The number of pyridine rings is 1. The van der Waals surface area contributed by atoms with Crippen LogP contribution >= 0.6 is 0 Å². The molecule has 1 aliphatic rings. The maximum absolute atomic E-state index is 4.64. The van der Waals surface area contributed by atoms with Gasteiger partial charge in [-0.05, 0) is 30.9 Å². The number of rotatable bonds is 2. The van der Waals surface area contributed by atoms with Crippen molar-refractivity contribution >= 4 is 11.6 Å². The minimum Gasteiger partial charge on any atom is -0.361 e. The molecule has 0 amide bonds. The van der Waals surface area contributed by atoms with Crippen molar-refractivity contribution in [1.82, 2.24) is 24.6 Å². The summed E-state index contributed by atoms with van der Waals surface area (Å²) in [6, 6.07) is 6.46. The molecule has 124 valence electrons. The van der Waals surface area contributed by atoms with Gasteiger partial charge in [0.2, 0.25) is 0 Å². The molecule has 1 aliphatic carbocycles. The third-order valence-corrected chi connectivity index (χ3v) is 4.54. The average Bonchev–Trinajstić information content (AvgIpc) is 3.03. The minimum atomic E-state index is -0.0488. The van der Waals surface area contributed by atoms with Crippen molar-refractivity contribution in [2.75, 3.05) is 5.32 Å². The van der Waals surface area contributed by atoms with Gasteiger partial charge in [0.15, 0.2) is 0 Å². The van der Waals surface area contributed by atoms with E-state index in [0.717, 1.165) is 36.5 Å². The first-order chi connectivity index (χ1) is 11.5. The van der Waals surface area contributed by atoms with Gasteiger partial charge < -0.3 is 5.32 Å². The topological polar surface area (TPSA) is 68.0 Å². The van der Waals surface area contributed by atoms with E-state index in [1.807, 2.05) is 12.3 Å². The number of anilines is 1. The van der Waals surface area contributed by atoms with Crippen LogP contribution in [0.15, 0.2) is 30.7 Å². The Balaban J connectivity index is 1.76. The maximum Gasteiger partial charge on any atom is 0.254 e. The Kier molecular flexibility index (Phi) is 3.48. The van der Waals surface area contributed by atoms with E-state index in [2.05, 4.69) is 58.3 Å². The zero-order valence-electron chi connectivity index (χ0n) is 14.3. The SMILES string of the molecule is CC(C)(C)c1cc(N[C@H]2CCCc3cccnc32)n2ncnc2n1. The van der Waals surface area contributed by atoms with E-state index in [-0.39, 0.29) is 11.5 Å². The van der Waals surface area contributed by atoms with Crippen LogP contribution in [0.1, 0.15) is 56.6 Å². The predicted octanol–water partition coefficient (Wildman–Crippen LogP) is 3.31. The van der Waals surface area contributed by atoms with E-state index in [1.54, 1.807) is 10.8 Å². The molecule has 4 rings (SSSR count). The van der Waals surface area contributed by atoms with Crippen molar-refractivity contribution < 1.29 is 0 Å². The summed E-state index contributed by atoms with van der Waals surface area (Å²) in [4.78, 5) is 13.5. The monoisotopic (exact) mass is 322 g/mol. The van der Waals surface area contributed by atoms with Crippen LogP contribution in [-0.2, 0) is 11.8 Å². The smallest absolute Gasteiger partial charge is 0.254 e. The van der Waals surface area contributed by atoms with Crippen LogP contribution < -0.4 is 5.32 Å². The van der Waals surface area contributed by atoms with Gasteiger partial charge in [0.1, 0.15) is 12.1 Å². The lowest BCUT2D eigenvalue weighted by atomic mass is 9.91. The molecule has 0 saturated heterocycles. The van der Waals surface area contributed by atoms with Crippen molar-refractivity contribution in [3.8, 4) is 0 Å². The van der Waals surface area contributed by atoms with E-state index >= 15 is 0 Å². The van der Waals surface area contributed by atoms with E-state index in [0.29, 0.717) is 5.78 Å². The highest BCUT2D eigenvalue weighted by atomic mass is 15.4. The lowest BCUT2D eigenvalue weighted by molar-refractivity contribution is 0.563. The fourth-order valence-electron chi connectivity index (χ4n) is 3.23. The summed E-state index contributed by atoms with van der Waals surface area (Å²) in [5.41, 5.74) is 3.43. The Labute approximate surface area is 141 Å². The molecule has 24 heavy (non-hydrogen) atoms. The Morgan fingerprint density at radius 1 is 1.25 bits per heavy atom. The molecule has 0 fully saturated rings. The van der Waals surface area contributed by atoms with Gasteiger partial charge in [0.25, 0.3) is 5.78 Å². The van der Waals surface area contributed by atoms with Gasteiger partial charge >= 0.3 is 0 Å². The molecule has 0 radical (unpaired) electrons. The zero-order valence-corrected chi connectivity index (χ0v) is 14.3. The first kappa shape index (κ1) is 15.1. The van der Waals surface area contributed by atoms with Gasteiger partial charge in [-0.25, -0.2) is 4.98 Å². The highest BCUT2D eigenvalue weighted by Gasteiger charge is 2.24. The summed E-state index contributed by atoms with van der Waals surface area (Å²) in [6.07, 6.45) is 6.75. The standard InChI is InChI=1S/C18H22N6/c1-18(2,3)14-10-15(24-17(23-14)20-11-21-24)22-13-8-4-6-12-7-5-9-19-16(12)13/h5,7,9-11,13,22H,4,6,8H2,1-3H3/t13-/m0/s1. The highest BCUT2D eigenvalue weighted by molar-refractivity contribution is 5.48. The molecule has 3 aromatic rings. The maximum atomic E-state index is 4.64. The van der Waals surface area contributed by atoms with Crippen molar-refractivity contribution in [2.24, 2.45) is 0 Å². The summed E-state index contributed by atoms with van der Waals surface area (Å²) in [5.74, 6) is 1.55. The third kappa shape index (κ3) is 2.62. The van der Waals surface area contributed by atoms with E-state index < -0.39 is 0 Å². The van der Waals surface area contributed by atoms with Gasteiger partial charge in [-0.15, -0.1) is 0 Å². The molecule has 0 unspecified atom stereocenters. The normalized spacial score (nSPS) is 17.7. The van der Waals surface area contributed by atoms with Crippen molar-refractivity contribution in [3.63, 3.8) is 0 Å². The summed E-state index contributed by atoms with van der Waals surface area (Å²) >= 11 is 0. The van der Waals surface area contributed by atoms with Crippen LogP contribution in [0, 0.1) is 0 Å². The minimum absolute atomic E-state index is 0.0488. The van der Waals surface area contributed by atoms with Crippen molar-refractivity contribution in [2.45, 2.75) is 51.5 Å². The first-order valence-electron chi connectivity index (χ1n) is 8.44. The van der Waals surface area contributed by atoms with Crippen LogP contribution in [0.5, 0.6) is 0 Å². The molecular weight excluding hydrogens is 300 g/mol. The van der Waals surface area contributed by atoms with E-state index in [9.17, 15) is 0 Å². The number of nitrogens with zero attached hydrogens (tertiary/aromatic N) is 5. The Hall–Kier alpha value is -2.50. The zero-order chi connectivity index (χ0) is 16.7. The molecule has 6 heteroatoms. The van der Waals surface area contributed by atoms with Crippen LogP contribution in [0.4, 0.5) is 5.82 Å². The number of aryl methyl sites for hydroxylation is 1. The second kappa shape index (κ2) is 5.54.